The quantitative estimate of drug-likeness (QED) is 0.442. The summed E-state index contributed by atoms with van der Waals surface area (Å²) >= 11 is 0. The lowest BCUT2D eigenvalue weighted by molar-refractivity contribution is -0.138. The van der Waals surface area contributed by atoms with Gasteiger partial charge >= 0.3 is 11.9 Å². The number of carbonyl (C=O) groups is 2. The number of carboxylic acid groups (broad SMARTS) is 1. The standard InChI is InChI=1S/C7H11NO4/c1-4(7(11)12-2)3-5(8)6(9)10/h5H,1,3,8H2,2H3,(H,9,10). The van der Waals surface area contributed by atoms with E-state index in [2.05, 4.69) is 11.3 Å². The summed E-state index contributed by atoms with van der Waals surface area (Å²) in [5.41, 5.74) is 5.20. The maximum absolute atomic E-state index is 10.7. The van der Waals surface area contributed by atoms with Gasteiger partial charge in [0.2, 0.25) is 0 Å². The van der Waals surface area contributed by atoms with E-state index in [1.54, 1.807) is 0 Å². The molecule has 0 rings (SSSR count). The van der Waals surface area contributed by atoms with Crippen LogP contribution in [0.25, 0.3) is 0 Å². The molecule has 0 radical (unpaired) electrons. The van der Waals surface area contributed by atoms with Crippen LogP contribution in [0.2, 0.25) is 0 Å². The smallest absolute Gasteiger partial charge is 0.333 e. The Morgan fingerprint density at radius 1 is 1.67 bits per heavy atom. The van der Waals surface area contributed by atoms with Crippen molar-refractivity contribution in [2.75, 3.05) is 7.11 Å². The normalized spacial score (nSPS) is 11.8. The van der Waals surface area contributed by atoms with Gasteiger partial charge in [-0.25, -0.2) is 4.79 Å². The average Bonchev–Trinajstić information content (AvgIpc) is 2.02. The van der Waals surface area contributed by atoms with Gasteiger partial charge in [0.1, 0.15) is 6.04 Å². The predicted molar refractivity (Wildman–Crippen MR) is 41.4 cm³/mol. The highest BCUT2D eigenvalue weighted by atomic mass is 16.5. The lowest BCUT2D eigenvalue weighted by atomic mass is 10.1. The Hall–Kier alpha value is -1.36. The first-order chi connectivity index (χ1) is 5.49. The Bertz CT molecular complexity index is 211. The fraction of sp³-hybridized carbons (Fsp3) is 0.429. The molecule has 12 heavy (non-hydrogen) atoms. The second kappa shape index (κ2) is 4.50. The number of hydrogen-bond acceptors (Lipinski definition) is 4. The molecule has 68 valence electrons. The third-order valence-electron chi connectivity index (χ3n) is 1.26. The van der Waals surface area contributed by atoms with Crippen molar-refractivity contribution in [1.29, 1.82) is 0 Å². The van der Waals surface area contributed by atoms with Crippen molar-refractivity contribution in [3.63, 3.8) is 0 Å². The number of rotatable bonds is 4. The molecule has 0 aliphatic rings. The molecule has 0 saturated carbocycles. The van der Waals surface area contributed by atoms with E-state index >= 15 is 0 Å². The van der Waals surface area contributed by atoms with E-state index in [1.807, 2.05) is 0 Å². The van der Waals surface area contributed by atoms with Gasteiger partial charge in [0.25, 0.3) is 0 Å². The average molecular weight is 173 g/mol. The SMILES string of the molecule is C=C(CC(N)C(=O)O)C(=O)OC. The van der Waals surface area contributed by atoms with Crippen molar-refractivity contribution in [2.45, 2.75) is 12.5 Å². The number of esters is 1. The molecule has 1 unspecified atom stereocenters. The lowest BCUT2D eigenvalue weighted by Crippen LogP contribution is -2.31. The fourth-order valence-electron chi connectivity index (χ4n) is 0.580. The van der Waals surface area contributed by atoms with Gasteiger partial charge in [-0.3, -0.25) is 4.79 Å². The van der Waals surface area contributed by atoms with Crippen molar-refractivity contribution in [1.82, 2.24) is 0 Å². The molecule has 0 heterocycles. The number of hydrogen-bond donors (Lipinski definition) is 2. The first kappa shape index (κ1) is 10.6. The third kappa shape index (κ3) is 3.16. The highest BCUT2D eigenvalue weighted by molar-refractivity contribution is 5.89. The minimum atomic E-state index is -1.17. The molecule has 5 heteroatoms. The zero-order chi connectivity index (χ0) is 9.72. The molecule has 0 spiro atoms. The van der Waals surface area contributed by atoms with Gasteiger partial charge in [-0.2, -0.15) is 0 Å². The molecule has 1 atom stereocenters. The molecule has 0 aromatic rings. The molecular formula is C7H11NO4. The van der Waals surface area contributed by atoms with Crippen LogP contribution in [0.1, 0.15) is 6.42 Å². The van der Waals surface area contributed by atoms with Crippen LogP contribution in [0, 0.1) is 0 Å². The number of methoxy groups -OCH3 is 1. The zero-order valence-corrected chi connectivity index (χ0v) is 6.74. The Morgan fingerprint density at radius 3 is 2.50 bits per heavy atom. The zero-order valence-electron chi connectivity index (χ0n) is 6.74. The molecule has 0 aromatic heterocycles. The van der Waals surface area contributed by atoms with Crippen LogP contribution in [-0.2, 0) is 14.3 Å². The van der Waals surface area contributed by atoms with E-state index in [9.17, 15) is 9.59 Å². The summed E-state index contributed by atoms with van der Waals surface area (Å²) < 4.78 is 4.31. The molecule has 0 aliphatic carbocycles. The molecule has 3 N–H and O–H groups in total. The molecule has 5 nitrogen and oxygen atoms in total. The van der Waals surface area contributed by atoms with Gasteiger partial charge in [0.15, 0.2) is 0 Å². The Morgan fingerprint density at radius 2 is 2.17 bits per heavy atom. The molecule has 0 saturated heterocycles. The first-order valence-electron chi connectivity index (χ1n) is 3.23. The molecule has 0 fully saturated rings. The van der Waals surface area contributed by atoms with Crippen LogP contribution in [0.15, 0.2) is 12.2 Å². The summed E-state index contributed by atoms with van der Waals surface area (Å²) in [5, 5.41) is 8.37. The first-order valence-corrected chi connectivity index (χ1v) is 3.23. The van der Waals surface area contributed by atoms with Crippen molar-refractivity contribution >= 4 is 11.9 Å². The van der Waals surface area contributed by atoms with E-state index in [0.29, 0.717) is 0 Å². The van der Waals surface area contributed by atoms with Crippen LogP contribution in [0.5, 0.6) is 0 Å². The van der Waals surface area contributed by atoms with Crippen molar-refractivity contribution in [2.24, 2.45) is 5.73 Å². The highest BCUT2D eigenvalue weighted by Crippen LogP contribution is 2.03. The van der Waals surface area contributed by atoms with E-state index in [0.717, 1.165) is 0 Å². The number of nitrogens with two attached hydrogens (primary N) is 1. The minimum absolute atomic E-state index is 0.0624. The molecular weight excluding hydrogens is 162 g/mol. The summed E-state index contributed by atoms with van der Waals surface area (Å²) in [6, 6.07) is -1.10. The van der Waals surface area contributed by atoms with Gasteiger partial charge in [0.05, 0.1) is 7.11 Å². The predicted octanol–water partition coefficient (Wildman–Crippen LogP) is -0.482. The Balaban J connectivity index is 4.01. The Labute approximate surface area is 69.8 Å². The summed E-state index contributed by atoms with van der Waals surface area (Å²) in [7, 11) is 1.19. The van der Waals surface area contributed by atoms with Gasteiger partial charge in [0, 0.05) is 12.0 Å². The number of carbonyl (C=O) groups excluding carboxylic acids is 1. The third-order valence-corrected chi connectivity index (χ3v) is 1.26. The van der Waals surface area contributed by atoms with Crippen molar-refractivity contribution in [3.05, 3.63) is 12.2 Å². The second-order valence-electron chi connectivity index (χ2n) is 2.24. The second-order valence-corrected chi connectivity index (χ2v) is 2.24. The van der Waals surface area contributed by atoms with Gasteiger partial charge in [-0.15, -0.1) is 0 Å². The van der Waals surface area contributed by atoms with Crippen molar-refractivity contribution < 1.29 is 19.4 Å². The monoisotopic (exact) mass is 173 g/mol. The van der Waals surface area contributed by atoms with Crippen LogP contribution < -0.4 is 5.73 Å². The van der Waals surface area contributed by atoms with Crippen LogP contribution in [-0.4, -0.2) is 30.2 Å². The summed E-state index contributed by atoms with van der Waals surface area (Å²) in [6.07, 6.45) is -0.0952. The van der Waals surface area contributed by atoms with Gasteiger partial charge in [-0.1, -0.05) is 6.58 Å². The molecule has 0 aromatic carbocycles. The molecule has 0 amide bonds. The number of carboxylic acids is 1. The largest absolute Gasteiger partial charge is 0.480 e. The topological polar surface area (TPSA) is 89.6 Å². The molecule has 0 aliphatic heterocycles. The maximum atomic E-state index is 10.7. The number of ether oxygens (including phenoxy) is 1. The van der Waals surface area contributed by atoms with Crippen LogP contribution in [0.4, 0.5) is 0 Å². The fourth-order valence-corrected chi connectivity index (χ4v) is 0.580. The van der Waals surface area contributed by atoms with E-state index in [-0.39, 0.29) is 12.0 Å². The summed E-state index contributed by atoms with van der Waals surface area (Å²) in [5.74, 6) is -1.80. The minimum Gasteiger partial charge on any atom is -0.480 e. The van der Waals surface area contributed by atoms with Gasteiger partial charge in [-0.05, 0) is 0 Å². The van der Waals surface area contributed by atoms with Crippen LogP contribution >= 0.6 is 0 Å². The lowest BCUT2D eigenvalue weighted by Gasteiger charge is -2.06. The highest BCUT2D eigenvalue weighted by Gasteiger charge is 2.16. The number of aliphatic carboxylic acids is 1. The van der Waals surface area contributed by atoms with Crippen molar-refractivity contribution in [3.8, 4) is 0 Å². The summed E-state index contributed by atoms with van der Waals surface area (Å²) in [6.45, 7) is 3.33. The van der Waals surface area contributed by atoms with Gasteiger partial charge < -0.3 is 15.6 Å². The summed E-state index contributed by atoms with van der Waals surface area (Å²) in [4.78, 5) is 20.9. The Kier molecular flexibility index (Phi) is 3.99. The van der Waals surface area contributed by atoms with E-state index < -0.39 is 18.0 Å². The van der Waals surface area contributed by atoms with Crippen LogP contribution in [0.3, 0.4) is 0 Å². The molecule has 0 bridgehead atoms. The van der Waals surface area contributed by atoms with E-state index in [4.69, 9.17) is 10.8 Å². The maximum Gasteiger partial charge on any atom is 0.333 e. The van der Waals surface area contributed by atoms with E-state index in [1.165, 1.54) is 7.11 Å².